The fraction of sp³-hybridized carbons (Fsp3) is 0.667. The highest BCUT2D eigenvalue weighted by Crippen LogP contribution is 2.73. The number of hydrogen-bond donors (Lipinski definition) is 0. The van der Waals surface area contributed by atoms with Crippen molar-refractivity contribution in [1.29, 1.82) is 0 Å². The molecule has 0 N–H and O–H groups in total. The van der Waals surface area contributed by atoms with Gasteiger partial charge in [-0.25, -0.2) is 0 Å². The highest BCUT2D eigenvalue weighted by Gasteiger charge is 2.60. The summed E-state index contributed by atoms with van der Waals surface area (Å²) < 4.78 is 0.396. The molecular formula is C18H22S2. The minimum absolute atomic E-state index is 0.396. The molecule has 0 amide bonds. The van der Waals surface area contributed by atoms with Gasteiger partial charge in [0, 0.05) is 9.79 Å². The van der Waals surface area contributed by atoms with Crippen LogP contribution in [0.25, 0.3) is 0 Å². The first-order chi connectivity index (χ1) is 9.66. The van der Waals surface area contributed by atoms with Crippen molar-refractivity contribution in [2.45, 2.75) is 59.3 Å². The number of hydrogen-bond acceptors (Lipinski definition) is 2. The van der Waals surface area contributed by atoms with Gasteiger partial charge in [-0.1, -0.05) is 12.1 Å². The molecule has 0 spiro atoms. The topological polar surface area (TPSA) is 0 Å². The van der Waals surface area contributed by atoms with E-state index in [0.717, 1.165) is 17.8 Å². The summed E-state index contributed by atoms with van der Waals surface area (Å²) in [5, 5.41) is 0. The van der Waals surface area contributed by atoms with Gasteiger partial charge in [-0.15, -0.1) is 23.5 Å². The Morgan fingerprint density at radius 1 is 0.850 bits per heavy atom. The highest BCUT2D eigenvalue weighted by atomic mass is 32.2. The summed E-state index contributed by atoms with van der Waals surface area (Å²) in [5.74, 6) is 3.17. The van der Waals surface area contributed by atoms with Crippen LogP contribution in [0, 0.1) is 23.2 Å². The van der Waals surface area contributed by atoms with Crippen LogP contribution in [0.2, 0.25) is 0 Å². The van der Waals surface area contributed by atoms with E-state index in [4.69, 9.17) is 0 Å². The molecule has 4 fully saturated rings. The van der Waals surface area contributed by atoms with Crippen LogP contribution in [0.15, 0.2) is 34.1 Å². The molecule has 0 aromatic heterocycles. The second kappa shape index (κ2) is 4.01. The van der Waals surface area contributed by atoms with Crippen molar-refractivity contribution in [1.82, 2.24) is 0 Å². The second-order valence-electron chi connectivity index (χ2n) is 7.79. The summed E-state index contributed by atoms with van der Waals surface area (Å²) in [4.78, 5) is 3.08. The summed E-state index contributed by atoms with van der Waals surface area (Å²) in [7, 11) is 0. The third-order valence-corrected chi connectivity index (χ3v) is 9.89. The molecule has 20 heavy (non-hydrogen) atoms. The monoisotopic (exact) mass is 302 g/mol. The van der Waals surface area contributed by atoms with Gasteiger partial charge in [0.2, 0.25) is 0 Å². The lowest BCUT2D eigenvalue weighted by Gasteiger charge is -2.61. The van der Waals surface area contributed by atoms with Crippen LogP contribution >= 0.6 is 23.5 Å². The smallest absolute Gasteiger partial charge is 0.0734 e. The second-order valence-corrected chi connectivity index (χ2v) is 11.0. The van der Waals surface area contributed by atoms with Crippen molar-refractivity contribution in [2.24, 2.45) is 23.2 Å². The molecule has 0 atom stereocenters. The van der Waals surface area contributed by atoms with E-state index in [0.29, 0.717) is 9.49 Å². The third kappa shape index (κ3) is 1.58. The summed E-state index contributed by atoms with van der Waals surface area (Å²) in [6.07, 6.45) is 9.21. The minimum atomic E-state index is 0.396. The van der Waals surface area contributed by atoms with Crippen LogP contribution in [-0.4, -0.2) is 4.08 Å². The van der Waals surface area contributed by atoms with Gasteiger partial charge >= 0.3 is 0 Å². The Kier molecular flexibility index (Phi) is 2.50. The lowest BCUT2D eigenvalue weighted by Crippen LogP contribution is -2.53. The summed E-state index contributed by atoms with van der Waals surface area (Å²) in [6.45, 7) is 2.56. The van der Waals surface area contributed by atoms with Crippen molar-refractivity contribution in [3.05, 3.63) is 24.3 Å². The largest absolute Gasteiger partial charge is 0.106 e. The number of thioether (sulfide) groups is 2. The molecule has 0 saturated heterocycles. The lowest BCUT2D eigenvalue weighted by atomic mass is 9.48. The van der Waals surface area contributed by atoms with Crippen LogP contribution in [0.3, 0.4) is 0 Å². The average molecular weight is 303 g/mol. The Labute approximate surface area is 130 Å². The Balaban J connectivity index is 1.54. The van der Waals surface area contributed by atoms with E-state index >= 15 is 0 Å². The molecule has 4 aliphatic carbocycles. The summed E-state index contributed by atoms with van der Waals surface area (Å²) in [6, 6.07) is 9.08. The van der Waals surface area contributed by atoms with Crippen molar-refractivity contribution in [3.63, 3.8) is 0 Å². The van der Waals surface area contributed by atoms with Crippen molar-refractivity contribution in [3.8, 4) is 0 Å². The molecule has 0 nitrogen and oxygen atoms in total. The first kappa shape index (κ1) is 12.5. The molecule has 1 aromatic rings. The zero-order chi connectivity index (χ0) is 13.4. The van der Waals surface area contributed by atoms with Gasteiger partial charge in [0.25, 0.3) is 0 Å². The molecule has 4 saturated carbocycles. The molecule has 6 rings (SSSR count). The normalized spacial score (nSPS) is 43.8. The van der Waals surface area contributed by atoms with E-state index in [-0.39, 0.29) is 0 Å². The van der Waals surface area contributed by atoms with Crippen molar-refractivity contribution in [2.75, 3.05) is 0 Å². The van der Waals surface area contributed by atoms with E-state index < -0.39 is 0 Å². The summed E-state index contributed by atoms with van der Waals surface area (Å²) in [5.41, 5.74) is 0.621. The number of fused-ring (bicyclic) bond motifs is 1. The van der Waals surface area contributed by atoms with E-state index in [2.05, 4.69) is 54.7 Å². The molecule has 5 aliphatic rings. The molecule has 1 aromatic carbocycles. The van der Waals surface area contributed by atoms with Crippen LogP contribution < -0.4 is 0 Å². The minimum Gasteiger partial charge on any atom is -0.106 e. The standard InChI is InChI=1S/C18H22S2/c1-17(19-15-4-2-3-5-16(15)20-17)18-9-12-6-13(10-18)8-14(7-12)11-18/h2-5,12-14H,6-11H2,1H3. The van der Waals surface area contributed by atoms with E-state index in [1.807, 2.05) is 0 Å². The van der Waals surface area contributed by atoms with Gasteiger partial charge in [-0.3, -0.25) is 0 Å². The van der Waals surface area contributed by atoms with Crippen LogP contribution in [0.4, 0.5) is 0 Å². The van der Waals surface area contributed by atoms with E-state index in [1.165, 1.54) is 29.1 Å². The molecule has 106 valence electrons. The van der Waals surface area contributed by atoms with E-state index in [9.17, 15) is 0 Å². The first-order valence-electron chi connectivity index (χ1n) is 8.13. The van der Waals surface area contributed by atoms with Crippen LogP contribution in [0.5, 0.6) is 0 Å². The maximum atomic E-state index is 2.56. The Morgan fingerprint density at radius 2 is 1.30 bits per heavy atom. The van der Waals surface area contributed by atoms with Gasteiger partial charge in [-0.05, 0) is 80.8 Å². The molecule has 1 aliphatic heterocycles. The molecule has 2 heteroatoms. The quantitative estimate of drug-likeness (QED) is 0.641. The van der Waals surface area contributed by atoms with E-state index in [1.54, 1.807) is 19.3 Å². The van der Waals surface area contributed by atoms with Gasteiger partial charge in [0.1, 0.15) is 0 Å². The summed E-state index contributed by atoms with van der Waals surface area (Å²) >= 11 is 4.38. The van der Waals surface area contributed by atoms with Gasteiger partial charge in [-0.2, -0.15) is 0 Å². The Bertz CT molecular complexity index is 502. The molecule has 0 unspecified atom stereocenters. The predicted octanol–water partition coefficient (Wildman–Crippen LogP) is 5.82. The number of rotatable bonds is 1. The molecule has 4 bridgehead atoms. The average Bonchev–Trinajstić information content (AvgIpc) is 2.75. The Morgan fingerprint density at radius 3 is 1.75 bits per heavy atom. The lowest BCUT2D eigenvalue weighted by molar-refractivity contribution is -0.0563. The zero-order valence-electron chi connectivity index (χ0n) is 12.1. The zero-order valence-corrected chi connectivity index (χ0v) is 13.7. The maximum absolute atomic E-state index is 2.56. The molecule has 1 heterocycles. The van der Waals surface area contributed by atoms with Crippen molar-refractivity contribution < 1.29 is 0 Å². The van der Waals surface area contributed by atoms with Gasteiger partial charge < -0.3 is 0 Å². The van der Waals surface area contributed by atoms with Gasteiger partial charge in [0.15, 0.2) is 0 Å². The van der Waals surface area contributed by atoms with Crippen molar-refractivity contribution >= 4 is 23.5 Å². The third-order valence-electron chi connectivity index (χ3n) is 6.46. The Hall–Kier alpha value is -0.0800. The fourth-order valence-electron chi connectivity index (χ4n) is 5.94. The van der Waals surface area contributed by atoms with Crippen LogP contribution in [0.1, 0.15) is 45.4 Å². The van der Waals surface area contributed by atoms with Gasteiger partial charge in [0.05, 0.1) is 4.08 Å². The SMILES string of the molecule is CC1(C23CC4CC(CC(C4)C2)C3)Sc2ccccc2S1. The fourth-order valence-corrected chi connectivity index (χ4v) is 9.30. The number of benzene rings is 1. The van der Waals surface area contributed by atoms with Crippen LogP contribution in [-0.2, 0) is 0 Å². The first-order valence-corrected chi connectivity index (χ1v) is 9.76. The molecular weight excluding hydrogens is 280 g/mol. The predicted molar refractivity (Wildman–Crippen MR) is 87.2 cm³/mol. The highest BCUT2D eigenvalue weighted by molar-refractivity contribution is 8.20. The molecule has 0 radical (unpaired) electrons. The maximum Gasteiger partial charge on any atom is 0.0734 e.